The Balaban J connectivity index is 1.52. The summed E-state index contributed by atoms with van der Waals surface area (Å²) in [4.78, 5) is 29.7. The number of hydrogen-bond donors (Lipinski definition) is 1. The zero-order valence-electron chi connectivity index (χ0n) is 18.7. The highest BCUT2D eigenvalue weighted by Gasteiger charge is 2.12. The van der Waals surface area contributed by atoms with Crippen LogP contribution in [0.1, 0.15) is 17.0 Å². The number of ether oxygens (including phenoxy) is 1. The number of carbonyl (C=O) groups excluding carboxylic acids is 1. The first-order chi connectivity index (χ1) is 16.7. The number of carbonyl (C=O) groups is 1. The van der Waals surface area contributed by atoms with Crippen molar-refractivity contribution in [3.8, 4) is 5.75 Å². The maximum absolute atomic E-state index is 12.9. The van der Waals surface area contributed by atoms with E-state index >= 15 is 0 Å². The second kappa shape index (κ2) is 10.8. The third-order valence-electron chi connectivity index (χ3n) is 5.08. The number of hydrogen-bond acceptors (Lipinski definition) is 5. The molecular formula is C25H19Br3N4O3. The summed E-state index contributed by atoms with van der Waals surface area (Å²) < 4.78 is 9.04. The molecule has 1 amide bonds. The largest absolute Gasteiger partial charge is 0.481 e. The maximum atomic E-state index is 12.9. The lowest BCUT2D eigenvalue weighted by Gasteiger charge is -2.12. The van der Waals surface area contributed by atoms with Gasteiger partial charge in [0.2, 0.25) is 0 Å². The summed E-state index contributed by atoms with van der Waals surface area (Å²) in [5, 5.41) is 7.66. The fourth-order valence-corrected chi connectivity index (χ4v) is 5.16. The first kappa shape index (κ1) is 25.3. The maximum Gasteiger partial charge on any atom is 0.282 e. The number of aryl methyl sites for hydroxylation is 2. The van der Waals surface area contributed by atoms with E-state index < -0.39 is 0 Å². The van der Waals surface area contributed by atoms with Crippen LogP contribution < -0.4 is 15.6 Å². The molecular weight excluding hydrogens is 644 g/mol. The molecule has 0 aliphatic rings. The van der Waals surface area contributed by atoms with Crippen LogP contribution in [0.2, 0.25) is 0 Å². The highest BCUT2D eigenvalue weighted by molar-refractivity contribution is 9.11. The smallest absolute Gasteiger partial charge is 0.282 e. The van der Waals surface area contributed by atoms with E-state index in [0.29, 0.717) is 37.0 Å². The normalized spacial score (nSPS) is 11.2. The highest BCUT2D eigenvalue weighted by atomic mass is 79.9. The number of rotatable bonds is 6. The van der Waals surface area contributed by atoms with Crippen LogP contribution >= 0.6 is 47.8 Å². The molecule has 0 saturated heterocycles. The minimum absolute atomic E-state index is 0.161. The van der Waals surface area contributed by atoms with Gasteiger partial charge in [0.15, 0.2) is 6.61 Å². The zero-order valence-corrected chi connectivity index (χ0v) is 23.4. The molecule has 0 atom stereocenters. The Hall–Kier alpha value is -2.82. The zero-order chi connectivity index (χ0) is 25.1. The molecule has 1 heterocycles. The van der Waals surface area contributed by atoms with Crippen LogP contribution in [0.4, 0.5) is 5.69 Å². The molecule has 10 heteroatoms. The lowest BCUT2D eigenvalue weighted by molar-refractivity contribution is -0.118. The van der Waals surface area contributed by atoms with Crippen LogP contribution in [0.3, 0.4) is 0 Å². The number of nitrogens with one attached hydrogen (secondary N) is 1. The molecule has 0 saturated carbocycles. The molecule has 0 spiro atoms. The van der Waals surface area contributed by atoms with Gasteiger partial charge in [0.05, 0.1) is 26.1 Å². The van der Waals surface area contributed by atoms with Gasteiger partial charge in [-0.25, -0.2) is 4.98 Å². The average molecular weight is 663 g/mol. The van der Waals surface area contributed by atoms with Crippen molar-refractivity contribution >= 4 is 76.5 Å². The van der Waals surface area contributed by atoms with Crippen LogP contribution in [0, 0.1) is 13.8 Å². The van der Waals surface area contributed by atoms with E-state index in [2.05, 4.69) is 63.2 Å². The van der Waals surface area contributed by atoms with Crippen molar-refractivity contribution in [2.75, 3.05) is 11.9 Å². The van der Waals surface area contributed by atoms with Gasteiger partial charge in [-0.05, 0) is 93.2 Å². The van der Waals surface area contributed by atoms with Gasteiger partial charge in [-0.15, -0.1) is 0 Å². The molecule has 0 bridgehead atoms. The van der Waals surface area contributed by atoms with Gasteiger partial charge in [-0.2, -0.15) is 9.78 Å². The van der Waals surface area contributed by atoms with Gasteiger partial charge in [0, 0.05) is 10.2 Å². The number of fused-ring (bicyclic) bond motifs is 1. The predicted molar refractivity (Wildman–Crippen MR) is 149 cm³/mol. The van der Waals surface area contributed by atoms with Gasteiger partial charge < -0.3 is 10.1 Å². The first-order valence-electron chi connectivity index (χ1n) is 10.4. The molecule has 178 valence electrons. The Morgan fingerprint density at radius 2 is 1.80 bits per heavy atom. The van der Waals surface area contributed by atoms with Crippen molar-refractivity contribution in [3.05, 3.63) is 95.3 Å². The fourth-order valence-electron chi connectivity index (χ4n) is 3.35. The molecule has 35 heavy (non-hydrogen) atoms. The summed E-state index contributed by atoms with van der Waals surface area (Å²) in [6.45, 7) is 3.49. The number of aromatic nitrogens is 2. The molecule has 4 aromatic rings. The van der Waals surface area contributed by atoms with Crippen LogP contribution in [0.15, 0.2) is 77.9 Å². The van der Waals surface area contributed by atoms with Crippen molar-refractivity contribution in [3.63, 3.8) is 0 Å². The predicted octanol–water partition coefficient (Wildman–Crippen LogP) is 6.20. The van der Waals surface area contributed by atoms with Crippen molar-refractivity contribution < 1.29 is 9.53 Å². The van der Waals surface area contributed by atoms with Crippen molar-refractivity contribution in [2.24, 2.45) is 5.10 Å². The van der Waals surface area contributed by atoms with Crippen LogP contribution in [-0.2, 0) is 4.79 Å². The fraction of sp³-hybridized carbons (Fsp3) is 0.120. The standard InChI is InChI=1S/C25H19Br3N4O3/c1-14-5-3-4-6-21(14)31-23(33)13-35-24-19(27)9-16(10-20(24)28)12-29-32-15(2)30-22-8-7-17(26)11-18(22)25(32)34/h3-12H,13H2,1-2H3,(H,31,33). The number of para-hydroxylation sites is 1. The molecule has 1 aromatic heterocycles. The summed E-state index contributed by atoms with van der Waals surface area (Å²) in [6, 6.07) is 16.5. The van der Waals surface area contributed by atoms with E-state index in [1.807, 2.05) is 37.3 Å². The number of nitrogens with zero attached hydrogens (tertiary/aromatic N) is 3. The van der Waals surface area contributed by atoms with Crippen LogP contribution in [0.25, 0.3) is 10.9 Å². The van der Waals surface area contributed by atoms with E-state index in [1.165, 1.54) is 4.68 Å². The molecule has 4 rings (SSSR count). The number of benzene rings is 3. The molecule has 0 aliphatic carbocycles. The molecule has 0 aliphatic heterocycles. The minimum atomic E-state index is -0.269. The SMILES string of the molecule is Cc1ccccc1NC(=O)COc1c(Br)cc(C=Nn2c(C)nc3ccc(Br)cc3c2=O)cc1Br. The summed E-state index contributed by atoms with van der Waals surface area (Å²) in [7, 11) is 0. The molecule has 1 N–H and O–H groups in total. The quantitative estimate of drug-likeness (QED) is 0.249. The van der Waals surface area contributed by atoms with Gasteiger partial charge in [0.1, 0.15) is 11.6 Å². The third kappa shape index (κ3) is 5.88. The monoisotopic (exact) mass is 660 g/mol. The first-order valence-corrected chi connectivity index (χ1v) is 12.8. The molecule has 7 nitrogen and oxygen atoms in total. The number of halogens is 3. The lowest BCUT2D eigenvalue weighted by Crippen LogP contribution is -2.21. The van der Waals surface area contributed by atoms with E-state index in [1.54, 1.807) is 37.4 Å². The van der Waals surface area contributed by atoms with Crippen molar-refractivity contribution in [1.29, 1.82) is 0 Å². The summed E-state index contributed by atoms with van der Waals surface area (Å²) >= 11 is 10.4. The second-order valence-corrected chi connectivity index (χ2v) is 10.3. The Bertz CT molecular complexity index is 1510. The number of anilines is 1. The van der Waals surface area contributed by atoms with Gasteiger partial charge >= 0.3 is 0 Å². The Labute approximate surface area is 226 Å². The lowest BCUT2D eigenvalue weighted by atomic mass is 10.2. The summed E-state index contributed by atoms with van der Waals surface area (Å²) in [5.74, 6) is 0.681. The van der Waals surface area contributed by atoms with Crippen LogP contribution in [-0.4, -0.2) is 28.4 Å². The second-order valence-electron chi connectivity index (χ2n) is 7.65. The van der Waals surface area contributed by atoms with E-state index in [0.717, 1.165) is 15.7 Å². The molecule has 3 aromatic carbocycles. The van der Waals surface area contributed by atoms with E-state index in [4.69, 9.17) is 4.74 Å². The van der Waals surface area contributed by atoms with Gasteiger partial charge in [0.25, 0.3) is 11.5 Å². The molecule has 0 fully saturated rings. The topological polar surface area (TPSA) is 85.6 Å². The van der Waals surface area contributed by atoms with Crippen molar-refractivity contribution in [2.45, 2.75) is 13.8 Å². The van der Waals surface area contributed by atoms with Gasteiger partial charge in [-0.3, -0.25) is 9.59 Å². The molecule has 0 unspecified atom stereocenters. The summed E-state index contributed by atoms with van der Waals surface area (Å²) in [6.07, 6.45) is 1.56. The van der Waals surface area contributed by atoms with Crippen LogP contribution in [0.5, 0.6) is 5.75 Å². The Morgan fingerprint density at radius 3 is 2.51 bits per heavy atom. The number of amides is 1. The Morgan fingerprint density at radius 1 is 1.09 bits per heavy atom. The highest BCUT2D eigenvalue weighted by Crippen LogP contribution is 2.34. The minimum Gasteiger partial charge on any atom is -0.481 e. The summed E-state index contributed by atoms with van der Waals surface area (Å²) in [5.41, 5.74) is 2.77. The third-order valence-corrected chi connectivity index (χ3v) is 6.75. The Kier molecular flexibility index (Phi) is 7.83. The van der Waals surface area contributed by atoms with E-state index in [-0.39, 0.29) is 18.1 Å². The van der Waals surface area contributed by atoms with E-state index in [9.17, 15) is 9.59 Å². The molecule has 0 radical (unpaired) electrons. The average Bonchev–Trinajstić information content (AvgIpc) is 2.80. The van der Waals surface area contributed by atoms with Crippen molar-refractivity contribution in [1.82, 2.24) is 9.66 Å². The van der Waals surface area contributed by atoms with Gasteiger partial charge in [-0.1, -0.05) is 34.1 Å².